The number of carbonyl (C=O) groups excluding carboxylic acids is 1. The van der Waals surface area contributed by atoms with Crippen LogP contribution in [-0.4, -0.2) is 5.91 Å². The summed E-state index contributed by atoms with van der Waals surface area (Å²) in [6.07, 6.45) is 0. The molecule has 0 fully saturated rings. The minimum Gasteiger partial charge on any atom is -0.366 e. The van der Waals surface area contributed by atoms with Crippen molar-refractivity contribution in [2.24, 2.45) is 5.73 Å². The first kappa shape index (κ1) is 15.2. The first-order valence-corrected chi connectivity index (χ1v) is 6.85. The van der Waals surface area contributed by atoms with Crippen molar-refractivity contribution in [1.82, 2.24) is 5.32 Å². The summed E-state index contributed by atoms with van der Waals surface area (Å²) in [6, 6.07) is 12.0. The second kappa shape index (κ2) is 6.50. The Morgan fingerprint density at radius 2 is 1.90 bits per heavy atom. The van der Waals surface area contributed by atoms with Gasteiger partial charge >= 0.3 is 0 Å². The Balaban J connectivity index is 2.02. The molecule has 0 aliphatic heterocycles. The van der Waals surface area contributed by atoms with Crippen LogP contribution in [0, 0.1) is 12.7 Å². The van der Waals surface area contributed by atoms with E-state index in [0.29, 0.717) is 12.1 Å². The molecule has 0 radical (unpaired) electrons. The molecule has 0 spiro atoms. The topological polar surface area (TPSA) is 55.1 Å². The van der Waals surface area contributed by atoms with Crippen LogP contribution in [0.15, 0.2) is 42.5 Å². The van der Waals surface area contributed by atoms with Gasteiger partial charge in [0.15, 0.2) is 0 Å². The first-order chi connectivity index (χ1) is 9.97. The maximum absolute atomic E-state index is 12.9. The molecular weight excluding hydrogens is 267 g/mol. The Morgan fingerprint density at radius 1 is 1.24 bits per heavy atom. The van der Waals surface area contributed by atoms with Gasteiger partial charge in [-0.3, -0.25) is 4.79 Å². The molecule has 4 heteroatoms. The number of nitrogens with two attached hydrogens (primary N) is 1. The van der Waals surface area contributed by atoms with Gasteiger partial charge in [-0.05, 0) is 54.8 Å². The molecule has 0 aliphatic rings. The SMILES string of the molecule is Cc1cc(C(N)=O)ccc1CN[C@H](C)c1ccc(F)cc1. The van der Waals surface area contributed by atoms with Crippen molar-refractivity contribution in [2.75, 3.05) is 0 Å². The summed E-state index contributed by atoms with van der Waals surface area (Å²) in [5.74, 6) is -0.652. The highest BCUT2D eigenvalue weighted by atomic mass is 19.1. The summed E-state index contributed by atoms with van der Waals surface area (Å²) in [6.45, 7) is 4.65. The third kappa shape index (κ3) is 3.89. The van der Waals surface area contributed by atoms with E-state index in [9.17, 15) is 9.18 Å². The van der Waals surface area contributed by atoms with Crippen LogP contribution in [0.4, 0.5) is 4.39 Å². The Bertz CT molecular complexity index is 638. The minimum atomic E-state index is -0.419. The molecule has 0 unspecified atom stereocenters. The van der Waals surface area contributed by atoms with Crippen molar-refractivity contribution >= 4 is 5.91 Å². The second-order valence-corrected chi connectivity index (χ2v) is 5.16. The van der Waals surface area contributed by atoms with E-state index in [1.165, 1.54) is 12.1 Å². The van der Waals surface area contributed by atoms with Gasteiger partial charge in [-0.15, -0.1) is 0 Å². The van der Waals surface area contributed by atoms with Crippen LogP contribution in [0.2, 0.25) is 0 Å². The van der Waals surface area contributed by atoms with Crippen LogP contribution in [-0.2, 0) is 6.54 Å². The highest BCUT2D eigenvalue weighted by Crippen LogP contribution is 2.16. The lowest BCUT2D eigenvalue weighted by molar-refractivity contribution is 0.1000. The van der Waals surface area contributed by atoms with Crippen LogP contribution in [0.5, 0.6) is 0 Å². The second-order valence-electron chi connectivity index (χ2n) is 5.16. The van der Waals surface area contributed by atoms with Crippen molar-refractivity contribution in [3.8, 4) is 0 Å². The molecule has 0 saturated carbocycles. The number of amides is 1. The first-order valence-electron chi connectivity index (χ1n) is 6.85. The summed E-state index contributed by atoms with van der Waals surface area (Å²) < 4.78 is 12.9. The van der Waals surface area contributed by atoms with Gasteiger partial charge in [0.2, 0.25) is 5.91 Å². The number of halogens is 1. The predicted molar refractivity (Wildman–Crippen MR) is 81.4 cm³/mol. The molecule has 0 saturated heterocycles. The van der Waals surface area contributed by atoms with Crippen LogP contribution in [0.3, 0.4) is 0 Å². The van der Waals surface area contributed by atoms with E-state index in [1.54, 1.807) is 24.3 Å². The lowest BCUT2D eigenvalue weighted by atomic mass is 10.0. The zero-order chi connectivity index (χ0) is 15.4. The maximum Gasteiger partial charge on any atom is 0.248 e. The average Bonchev–Trinajstić information content (AvgIpc) is 2.46. The molecule has 0 aromatic heterocycles. The van der Waals surface area contributed by atoms with Crippen molar-refractivity contribution in [2.45, 2.75) is 26.4 Å². The molecule has 2 aromatic rings. The Hall–Kier alpha value is -2.20. The molecule has 110 valence electrons. The summed E-state index contributed by atoms with van der Waals surface area (Å²) in [5.41, 5.74) is 8.93. The molecule has 2 rings (SSSR count). The summed E-state index contributed by atoms with van der Waals surface area (Å²) in [7, 11) is 0. The van der Waals surface area contributed by atoms with Gasteiger partial charge in [-0.2, -0.15) is 0 Å². The zero-order valence-corrected chi connectivity index (χ0v) is 12.2. The summed E-state index contributed by atoms with van der Waals surface area (Å²) >= 11 is 0. The zero-order valence-electron chi connectivity index (χ0n) is 12.2. The number of aryl methyl sites for hydroxylation is 1. The summed E-state index contributed by atoms with van der Waals surface area (Å²) in [5, 5.41) is 3.39. The fraction of sp³-hybridized carbons (Fsp3) is 0.235. The molecule has 1 amide bonds. The fourth-order valence-electron chi connectivity index (χ4n) is 2.18. The van der Waals surface area contributed by atoms with Crippen molar-refractivity contribution in [1.29, 1.82) is 0 Å². The van der Waals surface area contributed by atoms with Crippen LogP contribution >= 0.6 is 0 Å². The maximum atomic E-state index is 12.9. The van der Waals surface area contributed by atoms with Crippen molar-refractivity contribution < 1.29 is 9.18 Å². The van der Waals surface area contributed by atoms with E-state index in [0.717, 1.165) is 16.7 Å². The Labute approximate surface area is 124 Å². The minimum absolute atomic E-state index is 0.112. The molecule has 1 atom stereocenters. The van der Waals surface area contributed by atoms with Gasteiger partial charge in [-0.25, -0.2) is 4.39 Å². The predicted octanol–water partition coefficient (Wildman–Crippen LogP) is 3.08. The number of carbonyl (C=O) groups is 1. The number of hydrogen-bond acceptors (Lipinski definition) is 2. The molecule has 0 aliphatic carbocycles. The molecular formula is C17H19FN2O. The number of benzene rings is 2. The standard InChI is InChI=1S/C17H19FN2O/c1-11-9-14(17(19)21)3-4-15(11)10-20-12(2)13-5-7-16(18)8-6-13/h3-9,12,20H,10H2,1-2H3,(H2,19,21)/t12-/m1/s1. The van der Waals surface area contributed by atoms with Gasteiger partial charge in [0.1, 0.15) is 5.82 Å². The monoisotopic (exact) mass is 286 g/mol. The number of hydrogen-bond donors (Lipinski definition) is 2. The van der Waals surface area contributed by atoms with E-state index in [1.807, 2.05) is 19.9 Å². The number of nitrogens with one attached hydrogen (secondary N) is 1. The van der Waals surface area contributed by atoms with Crippen LogP contribution in [0.1, 0.15) is 40.0 Å². The van der Waals surface area contributed by atoms with E-state index in [2.05, 4.69) is 5.32 Å². The number of rotatable bonds is 5. The molecule has 0 heterocycles. The lowest BCUT2D eigenvalue weighted by Gasteiger charge is -2.15. The smallest absolute Gasteiger partial charge is 0.248 e. The van der Waals surface area contributed by atoms with E-state index in [4.69, 9.17) is 5.73 Å². The van der Waals surface area contributed by atoms with Gasteiger partial charge in [0, 0.05) is 18.2 Å². The lowest BCUT2D eigenvalue weighted by Crippen LogP contribution is -2.19. The van der Waals surface area contributed by atoms with Gasteiger partial charge in [-0.1, -0.05) is 18.2 Å². The molecule has 2 aromatic carbocycles. The fourth-order valence-corrected chi connectivity index (χ4v) is 2.18. The average molecular weight is 286 g/mol. The Kier molecular flexibility index (Phi) is 4.70. The van der Waals surface area contributed by atoms with E-state index in [-0.39, 0.29) is 11.9 Å². The molecule has 21 heavy (non-hydrogen) atoms. The van der Waals surface area contributed by atoms with E-state index < -0.39 is 5.91 Å². The van der Waals surface area contributed by atoms with Crippen molar-refractivity contribution in [3.63, 3.8) is 0 Å². The van der Waals surface area contributed by atoms with Crippen LogP contribution < -0.4 is 11.1 Å². The number of primary amides is 1. The highest BCUT2D eigenvalue weighted by Gasteiger charge is 2.08. The van der Waals surface area contributed by atoms with Gasteiger partial charge < -0.3 is 11.1 Å². The van der Waals surface area contributed by atoms with Crippen LogP contribution in [0.25, 0.3) is 0 Å². The normalized spacial score (nSPS) is 12.1. The largest absolute Gasteiger partial charge is 0.366 e. The van der Waals surface area contributed by atoms with Gasteiger partial charge in [0.05, 0.1) is 0 Å². The third-order valence-electron chi connectivity index (χ3n) is 3.60. The molecule has 3 nitrogen and oxygen atoms in total. The summed E-state index contributed by atoms with van der Waals surface area (Å²) in [4.78, 5) is 11.1. The highest BCUT2D eigenvalue weighted by molar-refractivity contribution is 5.93. The third-order valence-corrected chi connectivity index (χ3v) is 3.60. The molecule has 3 N–H and O–H groups in total. The molecule has 0 bridgehead atoms. The van der Waals surface area contributed by atoms with Crippen molar-refractivity contribution in [3.05, 3.63) is 70.5 Å². The Morgan fingerprint density at radius 3 is 2.48 bits per heavy atom. The van der Waals surface area contributed by atoms with E-state index >= 15 is 0 Å². The quantitative estimate of drug-likeness (QED) is 0.887. The van der Waals surface area contributed by atoms with Gasteiger partial charge in [0.25, 0.3) is 0 Å².